The smallest absolute Gasteiger partial charge is 0.262 e. The van der Waals surface area contributed by atoms with Gasteiger partial charge in [0.25, 0.3) is 5.91 Å². The van der Waals surface area contributed by atoms with Gasteiger partial charge in [-0.2, -0.15) is 0 Å². The first kappa shape index (κ1) is 17.1. The summed E-state index contributed by atoms with van der Waals surface area (Å²) in [6.07, 6.45) is 3.06. The third kappa shape index (κ3) is 3.65. The summed E-state index contributed by atoms with van der Waals surface area (Å²) in [7, 11) is 0. The van der Waals surface area contributed by atoms with E-state index >= 15 is 0 Å². The fourth-order valence-electron chi connectivity index (χ4n) is 3.35. The minimum atomic E-state index is -0.171. The Labute approximate surface area is 156 Å². The van der Waals surface area contributed by atoms with E-state index in [1.807, 2.05) is 49.5 Å². The van der Waals surface area contributed by atoms with E-state index in [9.17, 15) is 9.59 Å². The normalized spacial score (nSPS) is 14.2. The van der Waals surface area contributed by atoms with Crippen LogP contribution in [0.1, 0.15) is 30.5 Å². The van der Waals surface area contributed by atoms with Crippen LogP contribution in [0.2, 0.25) is 0 Å². The van der Waals surface area contributed by atoms with Gasteiger partial charge in [0.1, 0.15) is 5.75 Å². The lowest BCUT2D eigenvalue weighted by atomic mass is 10.1. The Morgan fingerprint density at radius 2 is 2.11 bits per heavy atom. The molecule has 6 nitrogen and oxygen atoms in total. The number of H-pyrrole nitrogens is 1. The predicted molar refractivity (Wildman–Crippen MR) is 104 cm³/mol. The summed E-state index contributed by atoms with van der Waals surface area (Å²) < 4.78 is 5.36. The molecule has 0 spiro atoms. The molecule has 0 unspecified atom stereocenters. The number of aryl methyl sites for hydroxylation is 1. The second-order valence-corrected chi connectivity index (χ2v) is 6.74. The van der Waals surface area contributed by atoms with Crippen molar-refractivity contribution >= 4 is 28.4 Å². The molecule has 1 aliphatic heterocycles. The predicted octanol–water partition coefficient (Wildman–Crippen LogP) is 3.31. The maximum atomic E-state index is 12.4. The highest BCUT2D eigenvalue weighted by molar-refractivity contribution is 5.95. The third-order valence-corrected chi connectivity index (χ3v) is 4.81. The van der Waals surface area contributed by atoms with Crippen LogP contribution in [-0.2, 0) is 16.0 Å². The fourth-order valence-corrected chi connectivity index (χ4v) is 3.35. The zero-order valence-electron chi connectivity index (χ0n) is 15.0. The molecular formula is C21H21N3O3. The van der Waals surface area contributed by atoms with E-state index < -0.39 is 0 Å². The summed E-state index contributed by atoms with van der Waals surface area (Å²) in [6.45, 7) is 1.96. The number of fused-ring (bicyclic) bond motifs is 2. The molecule has 2 aromatic carbocycles. The van der Waals surface area contributed by atoms with Gasteiger partial charge in [-0.1, -0.05) is 24.3 Å². The van der Waals surface area contributed by atoms with Crippen molar-refractivity contribution in [3.05, 3.63) is 59.8 Å². The molecule has 0 saturated heterocycles. The Kier molecular flexibility index (Phi) is 4.54. The summed E-state index contributed by atoms with van der Waals surface area (Å²) in [5.41, 5.74) is 3.78. The van der Waals surface area contributed by atoms with Crippen molar-refractivity contribution in [2.45, 2.75) is 25.8 Å². The standard InChI is InChI=1S/C21H21N3O3/c1-13(14-6-8-19-18(10-14)24-21(26)12-27-19)23-20(25)9-7-15-11-22-17-5-3-2-4-16(15)17/h2-6,8,10-11,13,22H,7,9,12H2,1H3,(H,23,25)(H,24,26)/t13-/m0/s1. The maximum Gasteiger partial charge on any atom is 0.262 e. The van der Waals surface area contributed by atoms with Gasteiger partial charge < -0.3 is 20.4 Å². The number of rotatable bonds is 5. The fraction of sp³-hybridized carbons (Fsp3) is 0.238. The number of benzene rings is 2. The first-order valence-corrected chi connectivity index (χ1v) is 9.01. The molecule has 1 aromatic heterocycles. The Morgan fingerprint density at radius 1 is 1.26 bits per heavy atom. The van der Waals surface area contributed by atoms with Crippen molar-refractivity contribution in [3.63, 3.8) is 0 Å². The number of amides is 2. The molecule has 1 atom stereocenters. The van der Waals surface area contributed by atoms with Gasteiger partial charge in [0, 0.05) is 23.5 Å². The third-order valence-electron chi connectivity index (χ3n) is 4.81. The molecule has 2 heterocycles. The molecular weight excluding hydrogens is 342 g/mol. The highest BCUT2D eigenvalue weighted by Gasteiger charge is 2.18. The molecule has 0 bridgehead atoms. The van der Waals surface area contributed by atoms with Crippen LogP contribution in [-0.4, -0.2) is 23.4 Å². The Balaban J connectivity index is 1.38. The summed E-state index contributed by atoms with van der Waals surface area (Å²) in [5, 5.41) is 6.97. The van der Waals surface area contributed by atoms with E-state index in [0.29, 0.717) is 24.3 Å². The number of carbonyl (C=O) groups is 2. The van der Waals surface area contributed by atoms with Crippen molar-refractivity contribution in [1.29, 1.82) is 0 Å². The van der Waals surface area contributed by atoms with Crippen LogP contribution in [0.5, 0.6) is 5.75 Å². The summed E-state index contributed by atoms with van der Waals surface area (Å²) >= 11 is 0. The number of aromatic nitrogens is 1. The van der Waals surface area contributed by atoms with Crippen LogP contribution in [0.3, 0.4) is 0 Å². The van der Waals surface area contributed by atoms with Crippen molar-refractivity contribution < 1.29 is 14.3 Å². The lowest BCUT2D eigenvalue weighted by Gasteiger charge is -2.21. The summed E-state index contributed by atoms with van der Waals surface area (Å²) in [4.78, 5) is 27.1. The van der Waals surface area contributed by atoms with Gasteiger partial charge in [-0.3, -0.25) is 9.59 Å². The van der Waals surface area contributed by atoms with Crippen LogP contribution < -0.4 is 15.4 Å². The molecule has 1 aliphatic rings. The minimum Gasteiger partial charge on any atom is -0.482 e. The second kappa shape index (κ2) is 7.15. The number of hydrogen-bond acceptors (Lipinski definition) is 3. The Bertz CT molecular complexity index is 1010. The van der Waals surface area contributed by atoms with Crippen LogP contribution in [0.25, 0.3) is 10.9 Å². The Morgan fingerprint density at radius 3 is 3.00 bits per heavy atom. The average molecular weight is 363 g/mol. The number of hydrogen-bond donors (Lipinski definition) is 3. The number of para-hydroxylation sites is 1. The lowest BCUT2D eigenvalue weighted by Crippen LogP contribution is -2.28. The number of aromatic amines is 1. The van der Waals surface area contributed by atoms with E-state index in [-0.39, 0.29) is 24.5 Å². The van der Waals surface area contributed by atoms with Crippen molar-refractivity contribution in [2.24, 2.45) is 0 Å². The van der Waals surface area contributed by atoms with Crippen LogP contribution in [0, 0.1) is 0 Å². The second-order valence-electron chi connectivity index (χ2n) is 6.74. The molecule has 3 aromatic rings. The largest absolute Gasteiger partial charge is 0.482 e. The molecule has 0 fully saturated rings. The average Bonchev–Trinajstić information content (AvgIpc) is 3.09. The van der Waals surface area contributed by atoms with Crippen molar-refractivity contribution in [2.75, 3.05) is 11.9 Å². The van der Waals surface area contributed by atoms with E-state index in [2.05, 4.69) is 21.7 Å². The topological polar surface area (TPSA) is 83.2 Å². The SMILES string of the molecule is C[C@H](NC(=O)CCc1c[nH]c2ccccc12)c1ccc2c(c1)NC(=O)CO2. The number of carbonyl (C=O) groups excluding carboxylic acids is 2. The molecule has 0 aliphatic carbocycles. The monoisotopic (exact) mass is 363 g/mol. The molecule has 3 N–H and O–H groups in total. The van der Waals surface area contributed by atoms with Gasteiger partial charge in [-0.15, -0.1) is 0 Å². The highest BCUT2D eigenvalue weighted by Crippen LogP contribution is 2.30. The van der Waals surface area contributed by atoms with Gasteiger partial charge in [0.2, 0.25) is 5.91 Å². The van der Waals surface area contributed by atoms with Crippen LogP contribution >= 0.6 is 0 Å². The van der Waals surface area contributed by atoms with E-state index in [0.717, 1.165) is 22.0 Å². The van der Waals surface area contributed by atoms with E-state index in [1.54, 1.807) is 0 Å². The van der Waals surface area contributed by atoms with Crippen LogP contribution in [0.15, 0.2) is 48.7 Å². The highest BCUT2D eigenvalue weighted by atomic mass is 16.5. The number of anilines is 1. The van der Waals surface area contributed by atoms with E-state index in [4.69, 9.17) is 4.74 Å². The first-order chi connectivity index (χ1) is 13.1. The van der Waals surface area contributed by atoms with Crippen molar-refractivity contribution in [1.82, 2.24) is 10.3 Å². The number of nitrogens with one attached hydrogen (secondary N) is 3. The molecule has 4 rings (SSSR count). The first-order valence-electron chi connectivity index (χ1n) is 9.01. The van der Waals surface area contributed by atoms with Gasteiger partial charge in [-0.25, -0.2) is 0 Å². The molecule has 138 valence electrons. The van der Waals surface area contributed by atoms with E-state index in [1.165, 1.54) is 0 Å². The summed E-state index contributed by atoms with van der Waals surface area (Å²) in [5.74, 6) is 0.470. The molecule has 2 amide bonds. The quantitative estimate of drug-likeness (QED) is 0.650. The maximum absolute atomic E-state index is 12.4. The minimum absolute atomic E-state index is 0.00853. The zero-order chi connectivity index (χ0) is 18.8. The lowest BCUT2D eigenvalue weighted by molar-refractivity contribution is -0.121. The number of ether oxygens (including phenoxy) is 1. The van der Waals surface area contributed by atoms with Gasteiger partial charge >= 0.3 is 0 Å². The zero-order valence-corrected chi connectivity index (χ0v) is 15.0. The molecule has 27 heavy (non-hydrogen) atoms. The van der Waals surface area contributed by atoms with Crippen molar-refractivity contribution in [3.8, 4) is 5.75 Å². The summed E-state index contributed by atoms with van der Waals surface area (Å²) in [6, 6.07) is 13.5. The van der Waals surface area contributed by atoms with Gasteiger partial charge in [-0.05, 0) is 42.7 Å². The van der Waals surface area contributed by atoms with Crippen LogP contribution in [0.4, 0.5) is 5.69 Å². The van der Waals surface area contributed by atoms with Gasteiger partial charge in [0.15, 0.2) is 6.61 Å². The molecule has 6 heteroatoms. The van der Waals surface area contributed by atoms with Gasteiger partial charge in [0.05, 0.1) is 11.7 Å². The molecule has 0 saturated carbocycles. The Hall–Kier alpha value is -3.28. The molecule has 0 radical (unpaired) electrons.